The first-order chi connectivity index (χ1) is 4.43. The van der Waals surface area contributed by atoms with Crippen LogP contribution in [0.1, 0.15) is 5.69 Å². The summed E-state index contributed by atoms with van der Waals surface area (Å²) in [6, 6.07) is 5.66. The molecule has 1 rings (SSSR count). The third-order valence-corrected chi connectivity index (χ3v) is 1.08. The molecule has 10 heavy (non-hydrogen) atoms. The van der Waals surface area contributed by atoms with E-state index in [2.05, 4.69) is 4.98 Å². The highest BCUT2D eigenvalue weighted by Crippen LogP contribution is 1.85. The molecule has 0 spiro atoms. The zero-order valence-electron chi connectivity index (χ0n) is 5.38. The van der Waals surface area contributed by atoms with Gasteiger partial charge in [0.1, 0.15) is 6.29 Å². The van der Waals surface area contributed by atoms with E-state index in [0.29, 0.717) is 6.42 Å². The number of carbonyl (C=O) groups excluding carboxylic acids is 1. The lowest BCUT2D eigenvalue weighted by molar-refractivity contribution is -0.389. The van der Waals surface area contributed by atoms with Gasteiger partial charge in [-0.25, -0.2) is 4.98 Å². The Hall–Kier alpha value is -0.890. The van der Waals surface area contributed by atoms with Crippen molar-refractivity contribution in [2.45, 2.75) is 6.42 Å². The summed E-state index contributed by atoms with van der Waals surface area (Å²) < 4.78 is 0. The van der Waals surface area contributed by atoms with Crippen LogP contribution < -0.4 is 17.4 Å². The van der Waals surface area contributed by atoms with Gasteiger partial charge in [-0.05, 0) is 0 Å². The minimum atomic E-state index is 0. The van der Waals surface area contributed by atoms with Crippen LogP contribution in [0.25, 0.3) is 0 Å². The summed E-state index contributed by atoms with van der Waals surface area (Å²) in [6.07, 6.45) is 3.16. The molecule has 0 amide bonds. The molecule has 0 aliphatic carbocycles. The van der Waals surface area contributed by atoms with E-state index in [-0.39, 0.29) is 12.4 Å². The number of H-pyrrole nitrogens is 1. The van der Waals surface area contributed by atoms with Gasteiger partial charge in [0.25, 0.3) is 0 Å². The van der Waals surface area contributed by atoms with Gasteiger partial charge < -0.3 is 17.2 Å². The SMILES string of the molecule is O=CCc1cccc[nH+]1.[Cl-]. The number of nitrogens with one attached hydrogen (secondary N) is 1. The Morgan fingerprint density at radius 1 is 1.50 bits per heavy atom. The Morgan fingerprint density at radius 3 is 2.80 bits per heavy atom. The van der Waals surface area contributed by atoms with Crippen molar-refractivity contribution in [3.8, 4) is 0 Å². The molecule has 3 heteroatoms. The van der Waals surface area contributed by atoms with Gasteiger partial charge in [-0.15, -0.1) is 0 Å². The normalized spacial score (nSPS) is 8.00. The van der Waals surface area contributed by atoms with Crippen molar-refractivity contribution in [1.29, 1.82) is 0 Å². The van der Waals surface area contributed by atoms with Crippen molar-refractivity contribution in [1.82, 2.24) is 0 Å². The molecule has 1 aromatic heterocycles. The largest absolute Gasteiger partial charge is 1.00 e. The Balaban J connectivity index is 0.000000810. The molecule has 0 fully saturated rings. The first-order valence-corrected chi connectivity index (χ1v) is 2.82. The highest BCUT2D eigenvalue weighted by Gasteiger charge is 1.93. The quantitative estimate of drug-likeness (QED) is 0.429. The number of carbonyl (C=O) groups is 1. The van der Waals surface area contributed by atoms with Crippen LogP contribution in [0.2, 0.25) is 0 Å². The second-order valence-electron chi connectivity index (χ2n) is 1.76. The highest BCUT2D eigenvalue weighted by molar-refractivity contribution is 5.52. The molecule has 0 saturated heterocycles. The summed E-state index contributed by atoms with van der Waals surface area (Å²) in [7, 11) is 0. The van der Waals surface area contributed by atoms with Gasteiger partial charge >= 0.3 is 0 Å². The molecule has 0 unspecified atom stereocenters. The number of hydrogen-bond donors (Lipinski definition) is 0. The number of aromatic nitrogens is 1. The number of halogens is 1. The molecule has 0 saturated carbocycles. The van der Waals surface area contributed by atoms with Gasteiger partial charge in [-0.2, -0.15) is 0 Å². The molecule has 1 heterocycles. The fourth-order valence-electron chi connectivity index (χ4n) is 0.647. The summed E-state index contributed by atoms with van der Waals surface area (Å²) >= 11 is 0. The maximum absolute atomic E-state index is 9.95. The van der Waals surface area contributed by atoms with Crippen LogP contribution in [0.5, 0.6) is 0 Å². The average Bonchev–Trinajstić information content (AvgIpc) is 1.91. The van der Waals surface area contributed by atoms with Crippen LogP contribution in [0.4, 0.5) is 0 Å². The monoisotopic (exact) mass is 157 g/mol. The minimum absolute atomic E-state index is 0. The van der Waals surface area contributed by atoms with E-state index in [1.54, 1.807) is 6.20 Å². The Bertz CT molecular complexity index is 188. The van der Waals surface area contributed by atoms with Gasteiger partial charge in [0.15, 0.2) is 11.9 Å². The van der Waals surface area contributed by atoms with Gasteiger partial charge in [-0.1, -0.05) is 6.07 Å². The zero-order chi connectivity index (χ0) is 6.53. The first kappa shape index (κ1) is 9.11. The van der Waals surface area contributed by atoms with E-state index >= 15 is 0 Å². The summed E-state index contributed by atoms with van der Waals surface area (Å²) in [5, 5.41) is 0. The van der Waals surface area contributed by atoms with Crippen LogP contribution >= 0.6 is 0 Å². The lowest BCUT2D eigenvalue weighted by Gasteiger charge is -1.81. The topological polar surface area (TPSA) is 31.2 Å². The maximum atomic E-state index is 9.95. The molecule has 0 aliphatic heterocycles. The molecule has 0 radical (unpaired) electrons. The summed E-state index contributed by atoms with van der Waals surface area (Å²) in [6.45, 7) is 0. The molecule has 0 atom stereocenters. The van der Waals surface area contributed by atoms with Crippen molar-refractivity contribution in [2.75, 3.05) is 0 Å². The second-order valence-corrected chi connectivity index (χ2v) is 1.76. The zero-order valence-corrected chi connectivity index (χ0v) is 6.14. The van der Waals surface area contributed by atoms with Crippen LogP contribution in [0.15, 0.2) is 24.4 Å². The second kappa shape index (κ2) is 4.94. The number of hydrogen-bond acceptors (Lipinski definition) is 1. The van der Waals surface area contributed by atoms with E-state index < -0.39 is 0 Å². The fourth-order valence-corrected chi connectivity index (χ4v) is 0.647. The van der Waals surface area contributed by atoms with E-state index in [1.807, 2.05) is 18.2 Å². The molecule has 1 aromatic rings. The number of aromatic amines is 1. The van der Waals surface area contributed by atoms with Crippen LogP contribution in [0.3, 0.4) is 0 Å². The van der Waals surface area contributed by atoms with Crippen molar-refractivity contribution >= 4 is 6.29 Å². The third-order valence-electron chi connectivity index (χ3n) is 1.08. The van der Waals surface area contributed by atoms with E-state index in [9.17, 15) is 4.79 Å². The predicted molar refractivity (Wildman–Crippen MR) is 32.8 cm³/mol. The van der Waals surface area contributed by atoms with Crippen molar-refractivity contribution in [3.63, 3.8) is 0 Å². The van der Waals surface area contributed by atoms with Crippen LogP contribution in [0, 0.1) is 0 Å². The minimum Gasteiger partial charge on any atom is -1.00 e. The maximum Gasteiger partial charge on any atom is 0.186 e. The molecule has 0 aromatic carbocycles. The van der Waals surface area contributed by atoms with Crippen LogP contribution in [-0.4, -0.2) is 6.29 Å². The molecule has 0 aliphatic rings. The number of rotatable bonds is 2. The standard InChI is InChI=1S/C7H7NO.ClH/c9-6-4-7-3-1-2-5-8-7;/h1-3,5-6H,4H2;1H. The Kier molecular flexibility index (Phi) is 4.50. The smallest absolute Gasteiger partial charge is 0.186 e. The molecule has 2 nitrogen and oxygen atoms in total. The van der Waals surface area contributed by atoms with Gasteiger partial charge in [0.05, 0.1) is 6.42 Å². The van der Waals surface area contributed by atoms with Crippen LogP contribution in [-0.2, 0) is 11.2 Å². The van der Waals surface area contributed by atoms with E-state index in [1.165, 1.54) is 0 Å². The predicted octanol–water partition coefficient (Wildman–Crippen LogP) is -2.75. The third kappa shape index (κ3) is 2.60. The van der Waals surface area contributed by atoms with Gasteiger partial charge in [-0.3, -0.25) is 0 Å². The highest BCUT2D eigenvalue weighted by atomic mass is 35.5. The summed E-state index contributed by atoms with van der Waals surface area (Å²) in [4.78, 5) is 12.9. The van der Waals surface area contributed by atoms with Crippen molar-refractivity contribution < 1.29 is 22.2 Å². The first-order valence-electron chi connectivity index (χ1n) is 2.82. The van der Waals surface area contributed by atoms with Crippen molar-refractivity contribution in [2.24, 2.45) is 0 Å². The van der Waals surface area contributed by atoms with Crippen molar-refractivity contribution in [3.05, 3.63) is 30.1 Å². The lowest BCUT2D eigenvalue weighted by Crippen LogP contribution is -3.00. The molecule has 54 valence electrons. The molecular formula is C7H8ClNO. The average molecular weight is 158 g/mol. The summed E-state index contributed by atoms with van der Waals surface area (Å²) in [5.41, 5.74) is 0.951. The van der Waals surface area contributed by atoms with Gasteiger partial charge in [0.2, 0.25) is 0 Å². The molecule has 1 N–H and O–H groups in total. The number of pyridine rings is 1. The summed E-state index contributed by atoms with van der Waals surface area (Å²) in [5.74, 6) is 0. The van der Waals surface area contributed by atoms with Gasteiger partial charge in [0, 0.05) is 12.1 Å². The van der Waals surface area contributed by atoms with E-state index in [4.69, 9.17) is 0 Å². The fraction of sp³-hybridized carbons (Fsp3) is 0.143. The Morgan fingerprint density at radius 2 is 2.30 bits per heavy atom. The lowest BCUT2D eigenvalue weighted by atomic mass is 10.3. The molecular weight excluding hydrogens is 150 g/mol. The Labute approximate surface area is 65.7 Å². The van der Waals surface area contributed by atoms with E-state index in [0.717, 1.165) is 12.0 Å². The number of aldehydes is 1. The molecule has 0 bridgehead atoms.